The number of esters is 1. The smallest absolute Gasteiger partial charge is 0.310 e. The average Bonchev–Trinajstić information content (AvgIpc) is 3.10. The Balaban J connectivity index is 2.05. The number of carbonyl (C=O) groups excluding carboxylic acids is 2. The number of ether oxygens (including phenoxy) is 1. The quantitative estimate of drug-likeness (QED) is 0.302. The zero-order valence-electron chi connectivity index (χ0n) is 20.4. The zero-order chi connectivity index (χ0) is 26.6. The van der Waals surface area contributed by atoms with Gasteiger partial charge in [0.2, 0.25) is 0 Å². The lowest BCUT2D eigenvalue weighted by molar-refractivity contribution is -0.148. The standard InChI is InChI=1S/C24H28N4O6S2/c1-4-34-23(33)15-7-5-9-27(13-15)20-16(14(2)17(12-25)21(31)26(20)3)11-18-22(32)28(24(35)36-18)10-6-8-19(29)30/h11,15H,4-10,13H2,1-3H3,(H,29,30)/b18-11+. The number of piperidine rings is 1. The Labute approximate surface area is 218 Å². The first kappa shape index (κ1) is 27.4. The zero-order valence-corrected chi connectivity index (χ0v) is 22.0. The molecule has 2 aliphatic rings. The highest BCUT2D eigenvalue weighted by molar-refractivity contribution is 8.26. The molecule has 3 heterocycles. The van der Waals surface area contributed by atoms with Crippen molar-refractivity contribution in [3.63, 3.8) is 0 Å². The molecule has 12 heteroatoms. The normalized spacial score (nSPS) is 19.1. The summed E-state index contributed by atoms with van der Waals surface area (Å²) >= 11 is 6.45. The molecular formula is C24H28N4O6S2. The van der Waals surface area contributed by atoms with Gasteiger partial charge in [-0.25, -0.2) is 0 Å². The van der Waals surface area contributed by atoms with Gasteiger partial charge in [0.05, 0.1) is 17.4 Å². The van der Waals surface area contributed by atoms with Crippen LogP contribution in [0.4, 0.5) is 5.82 Å². The molecule has 2 saturated heterocycles. The Morgan fingerprint density at radius 2 is 2.08 bits per heavy atom. The van der Waals surface area contributed by atoms with Crippen LogP contribution in [0.1, 0.15) is 49.3 Å². The van der Waals surface area contributed by atoms with Crippen molar-refractivity contribution in [3.05, 3.63) is 31.9 Å². The predicted molar refractivity (Wildman–Crippen MR) is 139 cm³/mol. The Hall–Kier alpha value is -3.17. The molecule has 0 bridgehead atoms. The number of carbonyl (C=O) groups is 3. The van der Waals surface area contributed by atoms with Gasteiger partial charge in [0.15, 0.2) is 0 Å². The minimum atomic E-state index is -0.951. The number of thioether (sulfide) groups is 1. The summed E-state index contributed by atoms with van der Waals surface area (Å²) in [6, 6.07) is 1.97. The molecule has 1 unspecified atom stereocenters. The number of amides is 1. The third-order valence-corrected chi connectivity index (χ3v) is 7.61. The van der Waals surface area contributed by atoms with E-state index in [1.807, 2.05) is 11.0 Å². The molecular weight excluding hydrogens is 504 g/mol. The summed E-state index contributed by atoms with van der Waals surface area (Å²) in [5, 5.41) is 18.5. The molecule has 36 heavy (non-hydrogen) atoms. The maximum absolute atomic E-state index is 13.1. The maximum Gasteiger partial charge on any atom is 0.310 e. The van der Waals surface area contributed by atoms with Crippen LogP contribution in [0.5, 0.6) is 0 Å². The van der Waals surface area contributed by atoms with Crippen molar-refractivity contribution in [2.24, 2.45) is 13.0 Å². The van der Waals surface area contributed by atoms with Gasteiger partial charge < -0.3 is 14.7 Å². The number of nitriles is 1. The van der Waals surface area contributed by atoms with Crippen LogP contribution in [0.15, 0.2) is 9.70 Å². The van der Waals surface area contributed by atoms with Crippen molar-refractivity contribution < 1.29 is 24.2 Å². The Morgan fingerprint density at radius 3 is 2.72 bits per heavy atom. The topological polar surface area (TPSA) is 133 Å². The molecule has 0 aromatic carbocycles. The molecule has 0 radical (unpaired) electrons. The van der Waals surface area contributed by atoms with Crippen LogP contribution >= 0.6 is 24.0 Å². The lowest BCUT2D eigenvalue weighted by Crippen LogP contribution is -2.42. The lowest BCUT2D eigenvalue weighted by atomic mass is 9.96. The molecule has 1 N–H and O–H groups in total. The SMILES string of the molecule is CCOC(=O)C1CCCN(c2c(/C=C3/SC(=S)N(CCCC(=O)O)C3=O)c(C)c(C#N)c(=O)n2C)C1. The van der Waals surface area contributed by atoms with Gasteiger partial charge in [0.25, 0.3) is 11.5 Å². The minimum Gasteiger partial charge on any atom is -0.481 e. The van der Waals surface area contributed by atoms with Gasteiger partial charge >= 0.3 is 11.9 Å². The first-order chi connectivity index (χ1) is 17.1. The highest BCUT2D eigenvalue weighted by atomic mass is 32.2. The van der Waals surface area contributed by atoms with Gasteiger partial charge in [-0.2, -0.15) is 5.26 Å². The second-order valence-electron chi connectivity index (χ2n) is 8.58. The van der Waals surface area contributed by atoms with Crippen LogP contribution in [0.3, 0.4) is 0 Å². The number of rotatable bonds is 8. The summed E-state index contributed by atoms with van der Waals surface area (Å²) < 4.78 is 6.92. The van der Waals surface area contributed by atoms with E-state index in [0.717, 1.165) is 11.8 Å². The largest absolute Gasteiger partial charge is 0.481 e. The van der Waals surface area contributed by atoms with E-state index >= 15 is 0 Å². The Kier molecular flexibility index (Phi) is 8.92. The number of hydrogen-bond donors (Lipinski definition) is 1. The van der Waals surface area contributed by atoms with Gasteiger partial charge in [-0.15, -0.1) is 0 Å². The molecule has 1 amide bonds. The summed E-state index contributed by atoms with van der Waals surface area (Å²) in [5.74, 6) is -1.43. The molecule has 192 valence electrons. The third-order valence-electron chi connectivity index (χ3n) is 6.23. The second kappa shape index (κ2) is 11.7. The first-order valence-corrected chi connectivity index (χ1v) is 12.9. The number of nitrogens with zero attached hydrogens (tertiary/aromatic N) is 4. The van der Waals surface area contributed by atoms with Gasteiger partial charge in [-0.1, -0.05) is 24.0 Å². The van der Waals surface area contributed by atoms with Gasteiger partial charge in [-0.05, 0) is 44.7 Å². The monoisotopic (exact) mass is 532 g/mol. The van der Waals surface area contributed by atoms with E-state index in [0.29, 0.717) is 52.1 Å². The number of anilines is 1. The van der Waals surface area contributed by atoms with Crippen molar-refractivity contribution >= 4 is 58.0 Å². The number of carboxylic acids is 1. The highest BCUT2D eigenvalue weighted by Crippen LogP contribution is 2.36. The summed E-state index contributed by atoms with van der Waals surface area (Å²) in [4.78, 5) is 53.0. The molecule has 2 fully saturated rings. The van der Waals surface area contributed by atoms with Crippen LogP contribution in [0.2, 0.25) is 0 Å². The van der Waals surface area contributed by atoms with Gasteiger partial charge in [0, 0.05) is 38.7 Å². The third kappa shape index (κ3) is 5.63. The van der Waals surface area contributed by atoms with E-state index in [1.54, 1.807) is 27.0 Å². The van der Waals surface area contributed by atoms with Crippen molar-refractivity contribution in [2.75, 3.05) is 31.1 Å². The molecule has 0 spiro atoms. The molecule has 0 aliphatic carbocycles. The molecule has 1 aromatic rings. The Bertz CT molecular complexity index is 1230. The van der Waals surface area contributed by atoms with E-state index in [2.05, 4.69) is 0 Å². The second-order valence-corrected chi connectivity index (χ2v) is 10.3. The van der Waals surface area contributed by atoms with Crippen LogP contribution in [0, 0.1) is 24.2 Å². The number of pyridine rings is 1. The molecule has 0 saturated carbocycles. The van der Waals surface area contributed by atoms with E-state index in [1.165, 1.54) is 9.47 Å². The summed E-state index contributed by atoms with van der Waals surface area (Å²) in [6.07, 6.45) is 3.20. The molecule has 3 rings (SSSR count). The van der Waals surface area contributed by atoms with E-state index in [-0.39, 0.29) is 49.4 Å². The Morgan fingerprint density at radius 1 is 1.36 bits per heavy atom. The van der Waals surface area contributed by atoms with Crippen molar-refractivity contribution in [1.29, 1.82) is 5.26 Å². The average molecular weight is 533 g/mol. The van der Waals surface area contributed by atoms with E-state index in [4.69, 9.17) is 22.1 Å². The van der Waals surface area contributed by atoms with Gasteiger partial charge in [-0.3, -0.25) is 28.6 Å². The van der Waals surface area contributed by atoms with Crippen molar-refractivity contribution in [1.82, 2.24) is 9.47 Å². The number of carboxylic acid groups (broad SMARTS) is 1. The summed E-state index contributed by atoms with van der Waals surface area (Å²) in [5.41, 5.74) is 0.485. The van der Waals surface area contributed by atoms with Gasteiger partial charge in [0.1, 0.15) is 21.8 Å². The van der Waals surface area contributed by atoms with Crippen LogP contribution in [-0.4, -0.2) is 63.0 Å². The molecule has 10 nitrogen and oxygen atoms in total. The van der Waals surface area contributed by atoms with Crippen LogP contribution in [0.25, 0.3) is 6.08 Å². The van der Waals surface area contributed by atoms with Crippen molar-refractivity contribution in [3.8, 4) is 6.07 Å². The van der Waals surface area contributed by atoms with Crippen LogP contribution in [-0.2, 0) is 26.2 Å². The number of aliphatic carboxylic acids is 1. The summed E-state index contributed by atoms with van der Waals surface area (Å²) in [6.45, 7) is 4.81. The number of thiocarbonyl (C=S) groups is 1. The molecule has 1 aromatic heterocycles. The maximum atomic E-state index is 13.1. The molecule has 1 atom stereocenters. The summed E-state index contributed by atoms with van der Waals surface area (Å²) in [7, 11) is 1.57. The fourth-order valence-corrected chi connectivity index (χ4v) is 5.72. The van der Waals surface area contributed by atoms with E-state index in [9.17, 15) is 24.4 Å². The number of aromatic nitrogens is 1. The van der Waals surface area contributed by atoms with Crippen LogP contribution < -0.4 is 10.5 Å². The van der Waals surface area contributed by atoms with E-state index < -0.39 is 11.5 Å². The lowest BCUT2D eigenvalue weighted by Gasteiger charge is -2.35. The highest BCUT2D eigenvalue weighted by Gasteiger charge is 2.34. The fraction of sp³-hybridized carbons (Fsp3) is 0.500. The first-order valence-electron chi connectivity index (χ1n) is 11.6. The molecule has 2 aliphatic heterocycles. The minimum absolute atomic E-state index is 0.0246. The predicted octanol–water partition coefficient (Wildman–Crippen LogP) is 2.41. The fourth-order valence-electron chi connectivity index (χ4n) is 4.43. The van der Waals surface area contributed by atoms with Crippen molar-refractivity contribution in [2.45, 2.75) is 39.5 Å². The number of hydrogen-bond acceptors (Lipinski definition) is 9.